The molecule has 16 heavy (non-hydrogen) atoms. The Morgan fingerprint density at radius 1 is 1.38 bits per heavy atom. The molecule has 0 atom stereocenters. The van der Waals surface area contributed by atoms with Gasteiger partial charge in [-0.05, 0) is 24.7 Å². The fourth-order valence-corrected chi connectivity index (χ4v) is 1.97. The second-order valence-corrected chi connectivity index (χ2v) is 4.18. The van der Waals surface area contributed by atoms with Crippen molar-refractivity contribution in [2.24, 2.45) is 0 Å². The van der Waals surface area contributed by atoms with Crippen molar-refractivity contribution in [3.63, 3.8) is 0 Å². The van der Waals surface area contributed by atoms with E-state index in [1.807, 2.05) is 6.92 Å². The highest BCUT2D eigenvalue weighted by Gasteiger charge is 2.42. The van der Waals surface area contributed by atoms with Crippen LogP contribution in [0.3, 0.4) is 0 Å². The molecule has 2 nitrogen and oxygen atoms in total. The fraction of sp³-hybridized carbons (Fsp3) is 0.500. The van der Waals surface area contributed by atoms with Gasteiger partial charge in [0, 0.05) is 12.1 Å². The normalized spacial score (nSPS) is 18.2. The first kappa shape index (κ1) is 11.5. The summed E-state index contributed by atoms with van der Waals surface area (Å²) < 4.78 is 32.0. The van der Waals surface area contributed by atoms with Gasteiger partial charge in [-0.15, -0.1) is 0 Å². The Kier molecular flexibility index (Phi) is 3.21. The van der Waals surface area contributed by atoms with Crippen molar-refractivity contribution in [2.75, 3.05) is 26.3 Å². The van der Waals surface area contributed by atoms with E-state index in [9.17, 15) is 8.78 Å². The summed E-state index contributed by atoms with van der Waals surface area (Å²) in [6.07, 6.45) is 0. The molecular formula is C12H15F2NO. The summed E-state index contributed by atoms with van der Waals surface area (Å²) in [5, 5.41) is 3.17. The van der Waals surface area contributed by atoms with Crippen LogP contribution in [-0.2, 0) is 10.2 Å². The summed E-state index contributed by atoms with van der Waals surface area (Å²) in [4.78, 5) is 0. The Morgan fingerprint density at radius 3 is 2.69 bits per heavy atom. The zero-order valence-electron chi connectivity index (χ0n) is 9.22. The number of benzene rings is 1. The second-order valence-electron chi connectivity index (χ2n) is 4.18. The van der Waals surface area contributed by atoms with E-state index in [1.54, 1.807) is 0 Å². The molecular weight excluding hydrogens is 212 g/mol. The third-order valence-corrected chi connectivity index (χ3v) is 2.97. The highest BCUT2D eigenvalue weighted by molar-refractivity contribution is 5.31. The Balaban J connectivity index is 2.28. The average Bonchev–Trinajstić information content (AvgIpc) is 2.21. The standard InChI is InChI=1S/C12H15F2NO/c1-2-15-6-12(7-16-8-12)10-5-9(13)3-4-11(10)14/h3-5,15H,2,6-8H2,1H3. The molecule has 1 aliphatic rings. The van der Waals surface area contributed by atoms with Crippen LogP contribution in [0.25, 0.3) is 0 Å². The molecule has 0 bridgehead atoms. The van der Waals surface area contributed by atoms with Crippen molar-refractivity contribution < 1.29 is 13.5 Å². The first-order chi connectivity index (χ1) is 7.68. The molecule has 0 saturated carbocycles. The predicted octanol–water partition coefficient (Wildman–Crippen LogP) is 1.84. The molecule has 1 fully saturated rings. The number of hydrogen-bond acceptors (Lipinski definition) is 2. The molecule has 0 aromatic heterocycles. The monoisotopic (exact) mass is 227 g/mol. The molecule has 1 N–H and O–H groups in total. The van der Waals surface area contributed by atoms with Gasteiger partial charge < -0.3 is 10.1 Å². The molecule has 1 aromatic rings. The van der Waals surface area contributed by atoms with Gasteiger partial charge in [0.05, 0.1) is 18.6 Å². The molecule has 1 heterocycles. The molecule has 0 spiro atoms. The van der Waals surface area contributed by atoms with Gasteiger partial charge in [0.1, 0.15) is 11.6 Å². The Labute approximate surface area is 93.6 Å². The van der Waals surface area contributed by atoms with E-state index in [1.165, 1.54) is 12.1 Å². The Bertz CT molecular complexity index is 377. The summed E-state index contributed by atoms with van der Waals surface area (Å²) in [7, 11) is 0. The van der Waals surface area contributed by atoms with E-state index in [2.05, 4.69) is 5.32 Å². The molecule has 0 aliphatic carbocycles. The van der Waals surface area contributed by atoms with Crippen LogP contribution in [0.1, 0.15) is 12.5 Å². The summed E-state index contributed by atoms with van der Waals surface area (Å²) in [5.41, 5.74) is 0.0158. The van der Waals surface area contributed by atoms with Gasteiger partial charge in [-0.3, -0.25) is 0 Å². The molecule has 1 aromatic carbocycles. The van der Waals surface area contributed by atoms with Gasteiger partial charge >= 0.3 is 0 Å². The maximum Gasteiger partial charge on any atom is 0.127 e. The van der Waals surface area contributed by atoms with Crippen molar-refractivity contribution >= 4 is 0 Å². The van der Waals surface area contributed by atoms with Crippen LogP contribution in [-0.4, -0.2) is 26.3 Å². The zero-order valence-corrected chi connectivity index (χ0v) is 9.22. The van der Waals surface area contributed by atoms with Crippen LogP contribution < -0.4 is 5.32 Å². The average molecular weight is 227 g/mol. The molecule has 1 saturated heterocycles. The Morgan fingerprint density at radius 2 is 2.12 bits per heavy atom. The molecule has 0 unspecified atom stereocenters. The van der Waals surface area contributed by atoms with Gasteiger partial charge in [-0.2, -0.15) is 0 Å². The van der Waals surface area contributed by atoms with Gasteiger partial charge in [-0.1, -0.05) is 6.92 Å². The first-order valence-electron chi connectivity index (χ1n) is 5.42. The molecule has 0 amide bonds. The van der Waals surface area contributed by atoms with Crippen LogP contribution in [0, 0.1) is 11.6 Å². The van der Waals surface area contributed by atoms with E-state index < -0.39 is 11.2 Å². The molecule has 88 valence electrons. The third-order valence-electron chi connectivity index (χ3n) is 2.97. The van der Waals surface area contributed by atoms with Gasteiger partial charge in [-0.25, -0.2) is 8.78 Å². The second kappa shape index (κ2) is 4.47. The third kappa shape index (κ3) is 1.95. The SMILES string of the molecule is CCNCC1(c2cc(F)ccc2F)COC1. The van der Waals surface area contributed by atoms with Crippen molar-refractivity contribution in [1.29, 1.82) is 0 Å². The molecule has 1 aliphatic heterocycles. The van der Waals surface area contributed by atoms with Gasteiger partial charge in [0.15, 0.2) is 0 Å². The fourth-order valence-electron chi connectivity index (χ4n) is 1.97. The lowest BCUT2D eigenvalue weighted by Gasteiger charge is -2.42. The minimum Gasteiger partial charge on any atom is -0.379 e. The zero-order chi connectivity index (χ0) is 11.6. The number of likely N-dealkylation sites (N-methyl/N-ethyl adjacent to an activating group) is 1. The Hall–Kier alpha value is -1.00. The summed E-state index contributed by atoms with van der Waals surface area (Å²) in [6, 6.07) is 3.59. The van der Waals surface area contributed by atoms with Crippen LogP contribution in [0.4, 0.5) is 8.78 Å². The minimum atomic E-state index is -0.404. The molecule has 4 heteroatoms. The number of halogens is 2. The van der Waals surface area contributed by atoms with Crippen LogP contribution in [0.15, 0.2) is 18.2 Å². The van der Waals surface area contributed by atoms with E-state index in [-0.39, 0.29) is 5.82 Å². The molecule has 0 radical (unpaired) electrons. The lowest BCUT2D eigenvalue weighted by atomic mass is 9.78. The minimum absolute atomic E-state index is 0.359. The smallest absolute Gasteiger partial charge is 0.127 e. The van der Waals surface area contributed by atoms with Crippen LogP contribution >= 0.6 is 0 Å². The number of rotatable bonds is 4. The van der Waals surface area contributed by atoms with Crippen molar-refractivity contribution in [3.05, 3.63) is 35.4 Å². The van der Waals surface area contributed by atoms with Crippen molar-refractivity contribution in [2.45, 2.75) is 12.3 Å². The van der Waals surface area contributed by atoms with Crippen molar-refractivity contribution in [1.82, 2.24) is 5.32 Å². The van der Waals surface area contributed by atoms with Crippen LogP contribution in [0.5, 0.6) is 0 Å². The van der Waals surface area contributed by atoms with Gasteiger partial charge in [0.2, 0.25) is 0 Å². The summed E-state index contributed by atoms with van der Waals surface area (Å²) in [6.45, 7) is 4.29. The number of hydrogen-bond donors (Lipinski definition) is 1. The van der Waals surface area contributed by atoms with Crippen molar-refractivity contribution in [3.8, 4) is 0 Å². The quantitative estimate of drug-likeness (QED) is 0.847. The maximum absolute atomic E-state index is 13.7. The summed E-state index contributed by atoms with van der Waals surface area (Å²) in [5.74, 6) is -0.762. The first-order valence-corrected chi connectivity index (χ1v) is 5.42. The number of nitrogens with one attached hydrogen (secondary N) is 1. The van der Waals surface area contributed by atoms with Gasteiger partial charge in [0.25, 0.3) is 0 Å². The van der Waals surface area contributed by atoms with E-state index in [4.69, 9.17) is 4.74 Å². The molecule has 2 rings (SSSR count). The van der Waals surface area contributed by atoms with E-state index >= 15 is 0 Å². The highest BCUT2D eigenvalue weighted by atomic mass is 19.1. The maximum atomic E-state index is 13.7. The largest absolute Gasteiger partial charge is 0.379 e. The predicted molar refractivity (Wildman–Crippen MR) is 57.4 cm³/mol. The number of ether oxygens (including phenoxy) is 1. The van der Waals surface area contributed by atoms with E-state index in [0.717, 1.165) is 12.6 Å². The van der Waals surface area contributed by atoms with E-state index in [0.29, 0.717) is 25.3 Å². The lowest BCUT2D eigenvalue weighted by Crippen LogP contribution is -2.54. The summed E-state index contributed by atoms with van der Waals surface area (Å²) >= 11 is 0. The van der Waals surface area contributed by atoms with Crippen LogP contribution in [0.2, 0.25) is 0 Å². The highest BCUT2D eigenvalue weighted by Crippen LogP contribution is 2.33. The lowest BCUT2D eigenvalue weighted by molar-refractivity contribution is -0.0605. The topological polar surface area (TPSA) is 21.3 Å².